The second-order valence-electron chi connectivity index (χ2n) is 32.3. The molecule has 2 spiro atoms. The molecular formula is C115H69N7O2. The van der Waals surface area contributed by atoms with Crippen molar-refractivity contribution in [1.82, 2.24) is 34.9 Å². The summed E-state index contributed by atoms with van der Waals surface area (Å²) < 4.78 is 13.2. The van der Waals surface area contributed by atoms with Crippen LogP contribution in [0.4, 0.5) is 0 Å². The zero-order chi connectivity index (χ0) is 81.6. The molecule has 0 bridgehead atoms. The van der Waals surface area contributed by atoms with Crippen molar-refractivity contribution in [3.63, 3.8) is 0 Å². The molecule has 9 nitrogen and oxygen atoms in total. The second-order valence-corrected chi connectivity index (χ2v) is 32.3. The Hall–Kier alpha value is -16.5. The van der Waals surface area contributed by atoms with Crippen molar-refractivity contribution in [3.8, 4) is 136 Å². The van der Waals surface area contributed by atoms with Gasteiger partial charge < -0.3 is 9.47 Å². The molecule has 0 fully saturated rings. The molecule has 0 atom stereocenters. The SMILES string of the molecule is c1ccc(-c2ccc3ccc4ccc(-c5ccc(-c6nc7ccccc7c7c8c(ccc67)C6(c7ccccc7Oc7ccccc76)c6ccccc6-8)cc5)nc4c3n2)cc1.c1ccc(-c2nc(-c3ccccc3)nc(-c3cccc(-c4ccc(-c5nc6ccccc6c6c7c(ccc56)C5(c6ccccc6Oc6ccccc65)c5ccccc5-7)cc4)c3)n2)cc1. The molecule has 2 aliphatic carbocycles. The maximum absolute atomic E-state index is 6.62. The highest BCUT2D eigenvalue weighted by molar-refractivity contribution is 6.21. The predicted molar refractivity (Wildman–Crippen MR) is 501 cm³/mol. The standard InChI is InChI=1S/C59H36N4O.C56H33N3O/c1-3-16-39(17-4-1)56-61-57(40-18-5-2-6-19-40)63-58(62-56)42-21-15-20-41(36-42)37-30-32-38(33-31-37)55-45-34-35-49-54(53(45)44-23-8-12-27-50(44)60-55)43-22-7-9-24-46(43)59(49)47-25-10-13-28-51(47)64-52-29-14-11-26-48(52)59;1-2-12-34(13-3-1)46-32-28-37-26-27-38-29-33-47(58-55(38)54(37)57-46)35-22-24-36(25-23-35)53-41-30-31-45-52(51(41)40-15-5-9-19-48(40)59-53)39-14-4-6-16-42(39)56(45)43-17-7-10-20-49(43)60-50-21-11-8-18-44(50)56/h1-36H;1-33H. The van der Waals surface area contributed by atoms with E-state index in [1.165, 1.54) is 55.3 Å². The van der Waals surface area contributed by atoms with Crippen LogP contribution in [0.5, 0.6) is 23.0 Å². The van der Waals surface area contributed by atoms with Crippen LogP contribution >= 0.6 is 0 Å². The summed E-state index contributed by atoms with van der Waals surface area (Å²) in [6, 6.07) is 148. The average molecular weight is 1580 g/mol. The topological polar surface area (TPSA) is 109 Å². The highest BCUT2D eigenvalue weighted by Crippen LogP contribution is 2.66. The van der Waals surface area contributed by atoms with E-state index < -0.39 is 10.8 Å². The smallest absolute Gasteiger partial charge is 0.164 e. The molecule has 0 saturated heterocycles. The molecule has 576 valence electrons. The van der Waals surface area contributed by atoms with E-state index in [1.54, 1.807) is 0 Å². The first kappa shape index (κ1) is 70.5. The number of nitrogens with zero attached hydrogens (tertiary/aromatic N) is 7. The van der Waals surface area contributed by atoms with E-state index in [1.807, 2.05) is 78.9 Å². The van der Waals surface area contributed by atoms with Crippen LogP contribution in [0.3, 0.4) is 0 Å². The van der Waals surface area contributed by atoms with Gasteiger partial charge in [0, 0.05) is 104 Å². The largest absolute Gasteiger partial charge is 0.457 e. The van der Waals surface area contributed by atoms with Crippen LogP contribution in [0.25, 0.3) is 178 Å². The van der Waals surface area contributed by atoms with Crippen molar-refractivity contribution >= 4 is 65.2 Å². The normalized spacial score (nSPS) is 13.1. The summed E-state index contributed by atoms with van der Waals surface area (Å²) in [6.45, 7) is 0. The summed E-state index contributed by atoms with van der Waals surface area (Å²) in [4.78, 5) is 36.1. The average Bonchev–Trinajstić information content (AvgIpc) is 1.51. The van der Waals surface area contributed by atoms with Crippen molar-refractivity contribution in [3.05, 3.63) is 463 Å². The summed E-state index contributed by atoms with van der Waals surface area (Å²) in [5.41, 5.74) is 30.2. The molecule has 2 aliphatic heterocycles. The highest BCUT2D eigenvalue weighted by atomic mass is 16.5. The van der Waals surface area contributed by atoms with Gasteiger partial charge in [-0.05, 0) is 110 Å². The van der Waals surface area contributed by atoms with E-state index >= 15 is 0 Å². The molecule has 0 saturated carbocycles. The lowest BCUT2D eigenvalue weighted by atomic mass is 9.66. The molecule has 0 radical (unpaired) electrons. The molecule has 0 unspecified atom stereocenters. The monoisotopic (exact) mass is 1580 g/mol. The van der Waals surface area contributed by atoms with Crippen LogP contribution in [0.2, 0.25) is 0 Å². The maximum atomic E-state index is 6.62. The van der Waals surface area contributed by atoms with E-state index in [4.69, 9.17) is 44.4 Å². The van der Waals surface area contributed by atoms with Gasteiger partial charge in [-0.1, -0.05) is 364 Å². The fourth-order valence-corrected chi connectivity index (χ4v) is 20.3. The number of fused-ring (bicyclic) bond motifs is 29. The summed E-state index contributed by atoms with van der Waals surface area (Å²) in [7, 11) is 0. The summed E-state index contributed by atoms with van der Waals surface area (Å²) in [5, 5.41) is 9.08. The summed E-state index contributed by atoms with van der Waals surface area (Å²) >= 11 is 0. The first-order valence-electron chi connectivity index (χ1n) is 42.1. The number of ether oxygens (including phenoxy) is 2. The van der Waals surface area contributed by atoms with Gasteiger partial charge in [-0.25, -0.2) is 34.9 Å². The molecule has 124 heavy (non-hydrogen) atoms. The van der Waals surface area contributed by atoms with Gasteiger partial charge in [-0.3, -0.25) is 0 Å². The van der Waals surface area contributed by atoms with Gasteiger partial charge >= 0.3 is 0 Å². The number of para-hydroxylation sites is 6. The van der Waals surface area contributed by atoms with Gasteiger partial charge in [0.25, 0.3) is 0 Å². The Kier molecular flexibility index (Phi) is 16.0. The number of hydrogen-bond acceptors (Lipinski definition) is 9. The Labute approximate surface area is 714 Å². The molecule has 9 heteroatoms. The third-order valence-electron chi connectivity index (χ3n) is 25.7. The number of pyridine rings is 4. The van der Waals surface area contributed by atoms with Gasteiger partial charge in [0.15, 0.2) is 17.5 Å². The van der Waals surface area contributed by atoms with Crippen molar-refractivity contribution < 1.29 is 9.47 Å². The predicted octanol–water partition coefficient (Wildman–Crippen LogP) is 28.3. The van der Waals surface area contributed by atoms with Crippen LogP contribution in [0.15, 0.2) is 419 Å². The van der Waals surface area contributed by atoms with Crippen molar-refractivity contribution in [2.24, 2.45) is 0 Å². The number of benzene rings is 17. The van der Waals surface area contributed by atoms with Crippen LogP contribution in [-0.4, -0.2) is 34.9 Å². The van der Waals surface area contributed by atoms with Crippen LogP contribution in [0, 0.1) is 0 Å². The zero-order valence-corrected chi connectivity index (χ0v) is 66.8. The molecule has 17 aromatic carbocycles. The lowest BCUT2D eigenvalue weighted by Gasteiger charge is -2.39. The molecule has 0 amide bonds. The van der Waals surface area contributed by atoms with Crippen LogP contribution < -0.4 is 9.47 Å². The molecule has 0 N–H and O–H groups in total. The number of aromatic nitrogens is 7. The van der Waals surface area contributed by atoms with E-state index in [-0.39, 0.29) is 0 Å². The lowest BCUT2D eigenvalue weighted by Crippen LogP contribution is -2.32. The Morgan fingerprint density at radius 3 is 0.968 bits per heavy atom. The van der Waals surface area contributed by atoms with E-state index in [0.29, 0.717) is 17.5 Å². The molecule has 7 heterocycles. The molecule has 5 aromatic heterocycles. The van der Waals surface area contributed by atoms with Gasteiger partial charge in [0.2, 0.25) is 0 Å². The minimum Gasteiger partial charge on any atom is -0.457 e. The molecule has 4 aliphatic rings. The highest BCUT2D eigenvalue weighted by Gasteiger charge is 2.53. The molecular weight excluding hydrogens is 1510 g/mol. The summed E-state index contributed by atoms with van der Waals surface area (Å²) in [5.74, 6) is 5.46. The minimum atomic E-state index is -0.556. The first-order chi connectivity index (χ1) is 61.5. The summed E-state index contributed by atoms with van der Waals surface area (Å²) in [6.07, 6.45) is 0. The first-order valence-corrected chi connectivity index (χ1v) is 42.1. The van der Waals surface area contributed by atoms with Gasteiger partial charge in [0.1, 0.15) is 23.0 Å². The van der Waals surface area contributed by atoms with Gasteiger partial charge in [-0.15, -0.1) is 0 Å². The Morgan fingerprint density at radius 2 is 0.524 bits per heavy atom. The van der Waals surface area contributed by atoms with E-state index in [0.717, 1.165) is 172 Å². The second kappa shape index (κ2) is 28.1. The Bertz CT molecular complexity index is 8030. The molecule has 26 rings (SSSR count). The number of rotatable bonds is 8. The zero-order valence-electron chi connectivity index (χ0n) is 66.8. The van der Waals surface area contributed by atoms with Crippen molar-refractivity contribution in [1.29, 1.82) is 0 Å². The van der Waals surface area contributed by atoms with Crippen LogP contribution in [0.1, 0.15) is 44.5 Å². The third-order valence-corrected chi connectivity index (χ3v) is 25.7. The third kappa shape index (κ3) is 10.8. The fraction of sp³-hybridized carbons (Fsp3) is 0.0174. The maximum Gasteiger partial charge on any atom is 0.164 e. The van der Waals surface area contributed by atoms with Gasteiger partial charge in [0.05, 0.1) is 55.7 Å². The lowest BCUT2D eigenvalue weighted by molar-refractivity contribution is 0.436. The van der Waals surface area contributed by atoms with Crippen molar-refractivity contribution in [2.45, 2.75) is 10.8 Å². The van der Waals surface area contributed by atoms with Crippen LogP contribution in [-0.2, 0) is 10.8 Å². The Morgan fingerprint density at radius 1 is 0.194 bits per heavy atom. The Balaban J connectivity index is 0.000000136. The quantitative estimate of drug-likeness (QED) is 0.137. The fourth-order valence-electron chi connectivity index (χ4n) is 20.3. The van der Waals surface area contributed by atoms with Crippen molar-refractivity contribution in [2.75, 3.05) is 0 Å². The minimum absolute atomic E-state index is 0.547. The van der Waals surface area contributed by atoms with Gasteiger partial charge in [-0.2, -0.15) is 0 Å². The van der Waals surface area contributed by atoms with E-state index in [2.05, 4.69) is 340 Å². The molecule has 22 aromatic rings. The van der Waals surface area contributed by atoms with E-state index in [9.17, 15) is 0 Å². The number of hydrogen-bond donors (Lipinski definition) is 0.